The SMILES string of the molecule is Clc1c(Cl)[n+](Cc2cc(C[n+]3cn(CCc4cccc5ccccc45)c(Cl)c3Cl)cc(C[n+]3cn(Cc4cccc5ccccc45)c(Cl)c3Cl)c2)cn1CCc1cccc2ccccc12. The van der Waals surface area contributed by atoms with Gasteiger partial charge in [0.15, 0.2) is 0 Å². The van der Waals surface area contributed by atoms with E-state index in [1.165, 1.54) is 43.4 Å². The van der Waals surface area contributed by atoms with Gasteiger partial charge in [0.05, 0.1) is 13.1 Å². The van der Waals surface area contributed by atoms with Crippen molar-refractivity contribution in [2.75, 3.05) is 0 Å². The number of aromatic nitrogens is 6. The van der Waals surface area contributed by atoms with E-state index in [1.54, 1.807) is 0 Å². The van der Waals surface area contributed by atoms with E-state index in [4.69, 9.17) is 69.6 Å². The van der Waals surface area contributed by atoms with Crippen LogP contribution in [-0.2, 0) is 52.1 Å². The van der Waals surface area contributed by atoms with Crippen LogP contribution in [0.2, 0.25) is 30.9 Å². The standard InChI is InChI=1S/C53H43Cl6N6/c54-48-50(56)62(33-60(48)24-22-42-16-7-13-39-10-1-4-19-45(39)42)29-36-26-37(30-63-34-61(49(55)51(63)57)25-23-43-17-8-14-40-11-2-5-20-46(40)43)28-38(27-36)31-64-35-65(53(59)52(64)58)32-44-18-9-15-41-12-3-6-21-47(41)44/h1-21,26-28,33-35H,22-25,29-32H2/q+3. The zero-order valence-corrected chi connectivity index (χ0v) is 39.7. The number of fused-ring (bicyclic) bond motifs is 3. The van der Waals surface area contributed by atoms with Crippen molar-refractivity contribution in [3.05, 3.63) is 229 Å². The molecular weight excluding hydrogens is 933 g/mol. The van der Waals surface area contributed by atoms with Gasteiger partial charge >= 0.3 is 0 Å². The Balaban J connectivity index is 0.948. The molecule has 0 saturated heterocycles. The lowest BCUT2D eigenvalue weighted by molar-refractivity contribution is -0.687. The molecule has 0 radical (unpaired) electrons. The van der Waals surface area contributed by atoms with Gasteiger partial charge in [-0.15, -0.1) is 0 Å². The first-order valence-corrected chi connectivity index (χ1v) is 23.8. The molecule has 0 N–H and O–H groups in total. The molecule has 0 saturated carbocycles. The molecule has 3 aromatic heterocycles. The minimum Gasteiger partial charge on any atom is -0.219 e. The largest absolute Gasteiger partial charge is 0.255 e. The van der Waals surface area contributed by atoms with Gasteiger partial charge in [-0.25, -0.2) is 27.4 Å². The Hall–Kier alpha value is -5.31. The van der Waals surface area contributed by atoms with Gasteiger partial charge in [0.2, 0.25) is 19.0 Å². The van der Waals surface area contributed by atoms with Crippen LogP contribution in [0.4, 0.5) is 0 Å². The monoisotopic (exact) mass is 973 g/mol. The molecule has 0 fully saturated rings. The maximum atomic E-state index is 7.01. The fourth-order valence-corrected chi connectivity index (χ4v) is 10.4. The fraction of sp³-hybridized carbons (Fsp3) is 0.151. The molecule has 6 nitrogen and oxygen atoms in total. The number of hydrogen-bond acceptors (Lipinski definition) is 0. The fourth-order valence-electron chi connectivity index (χ4n) is 9.09. The summed E-state index contributed by atoms with van der Waals surface area (Å²) in [6.45, 7) is 3.34. The number of halogens is 6. The van der Waals surface area contributed by atoms with Crippen molar-refractivity contribution in [2.45, 2.75) is 52.1 Å². The van der Waals surface area contributed by atoms with Gasteiger partial charge in [-0.1, -0.05) is 127 Å². The Morgan fingerprint density at radius 1 is 0.354 bits per heavy atom. The first kappa shape index (κ1) is 43.6. The first-order valence-electron chi connectivity index (χ1n) is 21.5. The average Bonchev–Trinajstić information content (AvgIpc) is 3.86. The van der Waals surface area contributed by atoms with Crippen molar-refractivity contribution < 1.29 is 13.7 Å². The van der Waals surface area contributed by atoms with E-state index in [-0.39, 0.29) is 0 Å². The molecule has 0 unspecified atom stereocenters. The second-order valence-corrected chi connectivity index (χ2v) is 18.7. The van der Waals surface area contributed by atoms with E-state index in [2.05, 4.69) is 146 Å². The predicted molar refractivity (Wildman–Crippen MR) is 266 cm³/mol. The third-order valence-corrected chi connectivity index (χ3v) is 14.9. The minimum atomic E-state index is 0.457. The first-order chi connectivity index (χ1) is 31.7. The van der Waals surface area contributed by atoms with Crippen molar-refractivity contribution in [3.63, 3.8) is 0 Å². The molecule has 0 spiro atoms. The van der Waals surface area contributed by atoms with Gasteiger partial charge in [-0.2, -0.15) is 0 Å². The highest BCUT2D eigenvalue weighted by molar-refractivity contribution is 6.40. The molecule has 0 atom stereocenters. The van der Waals surface area contributed by atoms with Gasteiger partial charge < -0.3 is 0 Å². The van der Waals surface area contributed by atoms with Crippen molar-refractivity contribution in [1.82, 2.24) is 13.7 Å². The number of imidazole rings is 3. The zero-order chi connectivity index (χ0) is 44.6. The van der Waals surface area contributed by atoms with Crippen LogP contribution < -0.4 is 13.7 Å². The van der Waals surface area contributed by atoms with Crippen LogP contribution in [-0.4, -0.2) is 13.7 Å². The molecular formula is C53H43Cl6N6+3. The summed E-state index contributed by atoms with van der Waals surface area (Å²) in [5.41, 5.74) is 6.76. The second kappa shape index (κ2) is 18.9. The minimum absolute atomic E-state index is 0.457. The summed E-state index contributed by atoms with van der Waals surface area (Å²) in [7, 11) is 0. The Morgan fingerprint density at radius 2 is 0.677 bits per heavy atom. The van der Waals surface area contributed by atoms with Crippen molar-refractivity contribution in [3.8, 4) is 0 Å². The number of benzene rings is 7. The zero-order valence-electron chi connectivity index (χ0n) is 35.2. The second-order valence-electron chi connectivity index (χ2n) is 16.6. The highest BCUT2D eigenvalue weighted by Crippen LogP contribution is 2.27. The topological polar surface area (TPSA) is 26.4 Å². The van der Waals surface area contributed by atoms with Crippen LogP contribution in [0.3, 0.4) is 0 Å². The van der Waals surface area contributed by atoms with Crippen molar-refractivity contribution in [1.29, 1.82) is 0 Å². The highest BCUT2D eigenvalue weighted by Gasteiger charge is 2.25. The molecule has 3 heterocycles. The summed E-state index contributed by atoms with van der Waals surface area (Å²) in [5.74, 6) is 0. The molecule has 0 aliphatic heterocycles. The lowest BCUT2D eigenvalue weighted by atomic mass is 10.0. The van der Waals surface area contributed by atoms with E-state index in [0.717, 1.165) is 35.1 Å². The van der Waals surface area contributed by atoms with Gasteiger partial charge in [0.25, 0.3) is 30.9 Å². The summed E-state index contributed by atoms with van der Waals surface area (Å²) in [4.78, 5) is 0. The third-order valence-electron chi connectivity index (χ3n) is 12.3. The van der Waals surface area contributed by atoms with Crippen LogP contribution in [0.1, 0.15) is 33.4 Å². The quantitative estimate of drug-likeness (QED) is 0.0971. The molecule has 10 rings (SSSR count). The summed E-state index contributed by atoms with van der Waals surface area (Å²) >= 11 is 41.9. The summed E-state index contributed by atoms with van der Waals surface area (Å²) in [6.07, 6.45) is 7.59. The molecule has 7 aromatic carbocycles. The number of hydrogen-bond donors (Lipinski definition) is 0. The van der Waals surface area contributed by atoms with Crippen LogP contribution >= 0.6 is 69.6 Å². The van der Waals surface area contributed by atoms with E-state index in [1.807, 2.05) is 46.4 Å². The smallest absolute Gasteiger partial charge is 0.219 e. The number of nitrogens with zero attached hydrogens (tertiary/aromatic N) is 6. The Morgan fingerprint density at radius 3 is 1.09 bits per heavy atom. The normalized spacial score (nSPS) is 11.7. The maximum Gasteiger partial charge on any atom is 0.255 e. The molecule has 0 aliphatic rings. The van der Waals surface area contributed by atoms with E-state index >= 15 is 0 Å². The van der Waals surface area contributed by atoms with Crippen LogP contribution in [0, 0.1) is 0 Å². The Bertz CT molecular complexity index is 3220. The van der Waals surface area contributed by atoms with Crippen LogP contribution in [0.15, 0.2) is 165 Å². The molecule has 12 heteroatoms. The lowest BCUT2D eigenvalue weighted by Gasteiger charge is -2.08. The van der Waals surface area contributed by atoms with E-state index in [0.29, 0.717) is 70.2 Å². The number of aryl methyl sites for hydroxylation is 4. The predicted octanol–water partition coefficient (Wildman–Crippen LogP) is 13.0. The summed E-state index contributed by atoms with van der Waals surface area (Å²) in [6, 6.07) is 51.0. The van der Waals surface area contributed by atoms with Gasteiger partial charge in [-0.3, -0.25) is 0 Å². The molecule has 0 amide bonds. The lowest BCUT2D eigenvalue weighted by Crippen LogP contribution is -2.36. The van der Waals surface area contributed by atoms with Crippen LogP contribution in [0.5, 0.6) is 0 Å². The molecule has 0 bridgehead atoms. The average molecular weight is 977 g/mol. The van der Waals surface area contributed by atoms with Crippen molar-refractivity contribution >= 4 is 102 Å². The maximum absolute atomic E-state index is 7.01. The number of rotatable bonds is 14. The van der Waals surface area contributed by atoms with Crippen molar-refractivity contribution in [2.24, 2.45) is 0 Å². The highest BCUT2D eigenvalue weighted by atomic mass is 35.5. The summed E-state index contributed by atoms with van der Waals surface area (Å²) < 4.78 is 12.0. The molecule has 0 aliphatic carbocycles. The van der Waals surface area contributed by atoms with Gasteiger partial charge in [-0.05, 0) is 148 Å². The molecule has 324 valence electrons. The molecule has 10 aromatic rings. The third kappa shape index (κ3) is 9.14. The van der Waals surface area contributed by atoms with Gasteiger partial charge in [0, 0.05) is 18.4 Å². The molecule has 65 heavy (non-hydrogen) atoms. The van der Waals surface area contributed by atoms with E-state index in [9.17, 15) is 0 Å². The Labute approximate surface area is 407 Å². The van der Waals surface area contributed by atoms with Gasteiger partial charge in [0.1, 0.15) is 26.2 Å². The summed E-state index contributed by atoms with van der Waals surface area (Å²) in [5, 5.41) is 10.1. The van der Waals surface area contributed by atoms with E-state index < -0.39 is 0 Å². The Kier molecular flexibility index (Phi) is 12.7. The van der Waals surface area contributed by atoms with Crippen LogP contribution in [0.25, 0.3) is 32.3 Å².